The average molecular weight is 228 g/mol. The summed E-state index contributed by atoms with van der Waals surface area (Å²) in [5.41, 5.74) is 0.662. The number of nitrogens with zero attached hydrogens (tertiary/aromatic N) is 4. The number of aliphatic imine (C=N–C) groups is 1. The predicted molar refractivity (Wildman–Crippen MR) is 62.4 cm³/mol. The van der Waals surface area contributed by atoms with Crippen LogP contribution in [-0.2, 0) is 0 Å². The quantitative estimate of drug-likeness (QED) is 0.457. The van der Waals surface area contributed by atoms with Gasteiger partial charge in [0, 0.05) is 30.7 Å². The predicted octanol–water partition coefficient (Wildman–Crippen LogP) is 2.14. The van der Waals surface area contributed by atoms with E-state index in [-0.39, 0.29) is 5.69 Å². The Morgan fingerprint density at radius 1 is 1.24 bits per heavy atom. The van der Waals surface area contributed by atoms with Crippen LogP contribution in [0, 0.1) is 10.1 Å². The summed E-state index contributed by atoms with van der Waals surface area (Å²) < 4.78 is 0. The molecular formula is C11H8N4O2. The summed E-state index contributed by atoms with van der Waals surface area (Å²) in [6.45, 7) is 0. The van der Waals surface area contributed by atoms with Gasteiger partial charge in [-0.2, -0.15) is 0 Å². The van der Waals surface area contributed by atoms with Crippen molar-refractivity contribution in [3.8, 4) is 0 Å². The van der Waals surface area contributed by atoms with Gasteiger partial charge in [0.15, 0.2) is 0 Å². The zero-order chi connectivity index (χ0) is 12.1. The molecule has 84 valence electrons. The smallest absolute Gasteiger partial charge is 0.258 e. The molecule has 17 heavy (non-hydrogen) atoms. The second-order valence-electron chi connectivity index (χ2n) is 3.16. The number of nitro benzene ring substituents is 1. The van der Waals surface area contributed by atoms with Gasteiger partial charge in [0.2, 0.25) is 5.95 Å². The van der Waals surface area contributed by atoms with E-state index in [9.17, 15) is 10.1 Å². The molecule has 1 aromatic heterocycles. The van der Waals surface area contributed by atoms with Gasteiger partial charge in [0.1, 0.15) is 0 Å². The van der Waals surface area contributed by atoms with Crippen LogP contribution in [0.3, 0.4) is 0 Å². The van der Waals surface area contributed by atoms with Gasteiger partial charge in [-0.25, -0.2) is 15.0 Å². The van der Waals surface area contributed by atoms with Gasteiger partial charge < -0.3 is 0 Å². The van der Waals surface area contributed by atoms with Crippen LogP contribution in [-0.4, -0.2) is 21.1 Å². The summed E-state index contributed by atoms with van der Waals surface area (Å²) in [5.74, 6) is 0.319. The lowest BCUT2D eigenvalue weighted by Gasteiger charge is -1.93. The van der Waals surface area contributed by atoms with E-state index in [0.717, 1.165) is 0 Å². The van der Waals surface area contributed by atoms with Crippen LogP contribution in [0.25, 0.3) is 0 Å². The molecule has 0 aliphatic heterocycles. The van der Waals surface area contributed by atoms with Crippen molar-refractivity contribution in [3.05, 3.63) is 58.4 Å². The van der Waals surface area contributed by atoms with Gasteiger partial charge in [0.25, 0.3) is 5.69 Å². The van der Waals surface area contributed by atoms with Crippen molar-refractivity contribution >= 4 is 17.9 Å². The highest BCUT2D eigenvalue weighted by atomic mass is 16.6. The molecule has 0 spiro atoms. The van der Waals surface area contributed by atoms with Gasteiger partial charge in [-0.1, -0.05) is 12.1 Å². The summed E-state index contributed by atoms with van der Waals surface area (Å²) in [5, 5.41) is 10.6. The minimum absolute atomic E-state index is 0.0305. The Morgan fingerprint density at radius 3 is 2.71 bits per heavy atom. The maximum absolute atomic E-state index is 10.6. The normalized spacial score (nSPS) is 10.6. The molecule has 0 atom stereocenters. The van der Waals surface area contributed by atoms with E-state index in [4.69, 9.17) is 0 Å². The number of benzene rings is 1. The van der Waals surface area contributed by atoms with Gasteiger partial charge in [-0.15, -0.1) is 0 Å². The third kappa shape index (κ3) is 2.91. The van der Waals surface area contributed by atoms with Crippen molar-refractivity contribution < 1.29 is 4.92 Å². The van der Waals surface area contributed by atoms with E-state index in [1.54, 1.807) is 30.6 Å². The Morgan fingerprint density at radius 2 is 2.00 bits per heavy atom. The number of hydrogen-bond donors (Lipinski definition) is 0. The number of non-ortho nitro benzene ring substituents is 1. The summed E-state index contributed by atoms with van der Waals surface area (Å²) in [4.78, 5) is 21.9. The molecule has 6 heteroatoms. The zero-order valence-electron chi connectivity index (χ0n) is 8.72. The Labute approximate surface area is 96.8 Å². The number of aromatic nitrogens is 2. The molecule has 0 amide bonds. The van der Waals surface area contributed by atoms with Crippen molar-refractivity contribution in [1.82, 2.24) is 9.97 Å². The lowest BCUT2D eigenvalue weighted by atomic mass is 10.2. The fraction of sp³-hybridized carbons (Fsp3) is 0. The Hall–Kier alpha value is -2.63. The van der Waals surface area contributed by atoms with Crippen LogP contribution in [0.2, 0.25) is 0 Å². The first-order valence-corrected chi connectivity index (χ1v) is 4.81. The molecule has 0 saturated carbocycles. The second kappa shape index (κ2) is 4.93. The lowest BCUT2D eigenvalue weighted by Crippen LogP contribution is -1.89. The SMILES string of the molecule is O=[N+]([O-])c1cccc(/C=N/c2ncccn2)c1. The van der Waals surface area contributed by atoms with Crippen molar-refractivity contribution in [2.75, 3.05) is 0 Å². The molecule has 0 unspecified atom stereocenters. The van der Waals surface area contributed by atoms with Gasteiger partial charge >= 0.3 is 0 Å². The molecule has 0 N–H and O–H groups in total. The fourth-order valence-electron chi connectivity index (χ4n) is 1.21. The molecule has 2 rings (SSSR count). The third-order valence-electron chi connectivity index (χ3n) is 1.96. The van der Waals surface area contributed by atoms with Crippen molar-refractivity contribution in [2.24, 2.45) is 4.99 Å². The molecule has 0 fully saturated rings. The molecular weight excluding hydrogens is 220 g/mol. The van der Waals surface area contributed by atoms with Crippen molar-refractivity contribution in [2.45, 2.75) is 0 Å². The zero-order valence-corrected chi connectivity index (χ0v) is 8.72. The van der Waals surface area contributed by atoms with Crippen LogP contribution in [0.5, 0.6) is 0 Å². The van der Waals surface area contributed by atoms with Crippen LogP contribution >= 0.6 is 0 Å². The molecule has 6 nitrogen and oxygen atoms in total. The first kappa shape index (κ1) is 10.9. The molecule has 0 saturated heterocycles. The molecule has 0 aliphatic rings. The highest BCUT2D eigenvalue weighted by Gasteiger charge is 2.03. The first-order chi connectivity index (χ1) is 8.25. The largest absolute Gasteiger partial charge is 0.270 e. The number of nitro groups is 1. The van der Waals surface area contributed by atoms with E-state index < -0.39 is 4.92 Å². The van der Waals surface area contributed by atoms with Crippen LogP contribution in [0.1, 0.15) is 5.56 Å². The van der Waals surface area contributed by atoms with Gasteiger partial charge in [-0.3, -0.25) is 10.1 Å². The molecule has 1 aromatic carbocycles. The van der Waals surface area contributed by atoms with E-state index >= 15 is 0 Å². The van der Waals surface area contributed by atoms with E-state index in [0.29, 0.717) is 11.5 Å². The van der Waals surface area contributed by atoms with Crippen molar-refractivity contribution in [3.63, 3.8) is 0 Å². The molecule has 0 aliphatic carbocycles. The fourth-order valence-corrected chi connectivity index (χ4v) is 1.21. The summed E-state index contributed by atoms with van der Waals surface area (Å²) in [6.07, 6.45) is 4.64. The topological polar surface area (TPSA) is 81.3 Å². The molecule has 0 bridgehead atoms. The number of hydrogen-bond acceptors (Lipinski definition) is 5. The Balaban J connectivity index is 2.22. The summed E-state index contributed by atoms with van der Waals surface area (Å²) >= 11 is 0. The Bertz CT molecular complexity index is 554. The third-order valence-corrected chi connectivity index (χ3v) is 1.96. The van der Waals surface area contributed by atoms with Gasteiger partial charge in [0.05, 0.1) is 4.92 Å². The second-order valence-corrected chi connectivity index (χ2v) is 3.16. The van der Waals surface area contributed by atoms with E-state index in [1.165, 1.54) is 18.3 Å². The maximum atomic E-state index is 10.6. The van der Waals surface area contributed by atoms with Crippen LogP contribution in [0.15, 0.2) is 47.7 Å². The summed E-state index contributed by atoms with van der Waals surface area (Å²) in [7, 11) is 0. The minimum Gasteiger partial charge on any atom is -0.258 e. The minimum atomic E-state index is -0.448. The standard InChI is InChI=1S/C11H8N4O2/c16-15(17)10-4-1-3-9(7-10)8-14-11-12-5-2-6-13-11/h1-8H/b14-8+. The highest BCUT2D eigenvalue weighted by Crippen LogP contribution is 2.12. The molecule has 1 heterocycles. The van der Waals surface area contributed by atoms with E-state index in [2.05, 4.69) is 15.0 Å². The van der Waals surface area contributed by atoms with Crippen molar-refractivity contribution in [1.29, 1.82) is 0 Å². The molecule has 2 aromatic rings. The maximum Gasteiger partial charge on any atom is 0.270 e. The summed E-state index contributed by atoms with van der Waals surface area (Å²) in [6, 6.07) is 7.87. The monoisotopic (exact) mass is 228 g/mol. The van der Waals surface area contributed by atoms with E-state index in [1.807, 2.05) is 0 Å². The average Bonchev–Trinajstić information content (AvgIpc) is 2.38. The lowest BCUT2D eigenvalue weighted by molar-refractivity contribution is -0.384. The number of rotatable bonds is 3. The molecule has 0 radical (unpaired) electrons. The Kier molecular flexibility index (Phi) is 3.15. The van der Waals surface area contributed by atoms with Gasteiger partial charge in [-0.05, 0) is 11.6 Å². The first-order valence-electron chi connectivity index (χ1n) is 4.81. The van der Waals surface area contributed by atoms with Crippen LogP contribution < -0.4 is 0 Å². The highest BCUT2D eigenvalue weighted by molar-refractivity contribution is 5.82. The van der Waals surface area contributed by atoms with Crippen LogP contribution in [0.4, 0.5) is 11.6 Å².